The minimum atomic E-state index is 0.696. The molecular formula is C7H15NO. The van der Waals surface area contributed by atoms with E-state index in [4.69, 9.17) is 5.21 Å². The standard InChI is InChI=1S/C7H15NO/c1-6(2)4-5-7(3)8-9/h6,9H,4-5H2,1-3H3. The van der Waals surface area contributed by atoms with Gasteiger partial charge >= 0.3 is 0 Å². The Kier molecular flexibility index (Phi) is 4.10. The van der Waals surface area contributed by atoms with Gasteiger partial charge in [0.15, 0.2) is 0 Å². The third-order valence-electron chi connectivity index (χ3n) is 1.25. The van der Waals surface area contributed by atoms with E-state index in [0.29, 0.717) is 5.92 Å². The van der Waals surface area contributed by atoms with Gasteiger partial charge in [-0.1, -0.05) is 19.0 Å². The summed E-state index contributed by atoms with van der Waals surface area (Å²) < 4.78 is 0. The summed E-state index contributed by atoms with van der Waals surface area (Å²) in [6.45, 7) is 6.15. The van der Waals surface area contributed by atoms with E-state index >= 15 is 0 Å². The average molecular weight is 129 g/mol. The van der Waals surface area contributed by atoms with Crippen molar-refractivity contribution < 1.29 is 5.21 Å². The normalized spacial score (nSPS) is 12.7. The van der Waals surface area contributed by atoms with Crippen molar-refractivity contribution in [3.63, 3.8) is 0 Å². The topological polar surface area (TPSA) is 32.6 Å². The van der Waals surface area contributed by atoms with E-state index < -0.39 is 0 Å². The second-order valence-corrected chi connectivity index (χ2v) is 2.77. The summed E-state index contributed by atoms with van der Waals surface area (Å²) in [5, 5.41) is 11.3. The molecule has 0 aromatic rings. The highest BCUT2D eigenvalue weighted by atomic mass is 16.4. The minimum Gasteiger partial charge on any atom is -0.411 e. The summed E-state index contributed by atoms with van der Waals surface area (Å²) >= 11 is 0. The van der Waals surface area contributed by atoms with Crippen LogP contribution in [0.5, 0.6) is 0 Å². The van der Waals surface area contributed by atoms with Crippen LogP contribution in [0, 0.1) is 5.92 Å². The molecule has 0 saturated heterocycles. The van der Waals surface area contributed by atoms with Crippen LogP contribution in [0.4, 0.5) is 0 Å². The molecule has 1 N–H and O–H groups in total. The molecule has 0 atom stereocenters. The molecule has 2 heteroatoms. The first kappa shape index (κ1) is 8.47. The Morgan fingerprint density at radius 1 is 1.56 bits per heavy atom. The Balaban J connectivity index is 3.28. The second kappa shape index (κ2) is 4.36. The maximum atomic E-state index is 8.24. The molecule has 0 saturated carbocycles. The lowest BCUT2D eigenvalue weighted by Crippen LogP contribution is -1.94. The van der Waals surface area contributed by atoms with Gasteiger partial charge in [0.2, 0.25) is 0 Å². The molecule has 0 aliphatic rings. The minimum absolute atomic E-state index is 0.696. The van der Waals surface area contributed by atoms with E-state index in [1.807, 2.05) is 6.92 Å². The zero-order valence-electron chi connectivity index (χ0n) is 6.39. The Labute approximate surface area is 56.6 Å². The molecule has 54 valence electrons. The molecular weight excluding hydrogens is 114 g/mol. The predicted molar refractivity (Wildman–Crippen MR) is 39.0 cm³/mol. The lowest BCUT2D eigenvalue weighted by molar-refractivity contribution is 0.316. The maximum absolute atomic E-state index is 8.24. The van der Waals surface area contributed by atoms with Crippen molar-refractivity contribution in [1.82, 2.24) is 0 Å². The Morgan fingerprint density at radius 2 is 2.11 bits per heavy atom. The molecule has 9 heavy (non-hydrogen) atoms. The van der Waals surface area contributed by atoms with Crippen LogP contribution in [-0.4, -0.2) is 10.9 Å². The van der Waals surface area contributed by atoms with Crippen molar-refractivity contribution >= 4 is 5.71 Å². The molecule has 0 aromatic carbocycles. The number of rotatable bonds is 3. The van der Waals surface area contributed by atoms with Crippen LogP contribution in [0.25, 0.3) is 0 Å². The Bertz CT molecular complexity index is 97.1. The maximum Gasteiger partial charge on any atom is 0.0540 e. The van der Waals surface area contributed by atoms with Crippen molar-refractivity contribution in [3.05, 3.63) is 0 Å². The molecule has 0 aliphatic heterocycles. The van der Waals surface area contributed by atoms with Crippen molar-refractivity contribution in [2.75, 3.05) is 0 Å². The van der Waals surface area contributed by atoms with Crippen LogP contribution in [0.3, 0.4) is 0 Å². The first-order chi connectivity index (χ1) is 4.16. The Hall–Kier alpha value is -0.530. The molecule has 2 nitrogen and oxygen atoms in total. The molecule has 0 fully saturated rings. The average Bonchev–Trinajstić information content (AvgIpc) is 1.83. The largest absolute Gasteiger partial charge is 0.411 e. The Morgan fingerprint density at radius 3 is 2.44 bits per heavy atom. The highest BCUT2D eigenvalue weighted by molar-refractivity contribution is 5.81. The summed E-state index contributed by atoms with van der Waals surface area (Å²) in [6, 6.07) is 0. The summed E-state index contributed by atoms with van der Waals surface area (Å²) in [5.74, 6) is 0.696. The monoisotopic (exact) mass is 129 g/mol. The second-order valence-electron chi connectivity index (χ2n) is 2.77. The molecule has 0 heterocycles. The van der Waals surface area contributed by atoms with E-state index in [-0.39, 0.29) is 0 Å². The van der Waals surface area contributed by atoms with E-state index in [9.17, 15) is 0 Å². The van der Waals surface area contributed by atoms with E-state index in [2.05, 4.69) is 19.0 Å². The van der Waals surface area contributed by atoms with Crippen molar-refractivity contribution in [3.8, 4) is 0 Å². The van der Waals surface area contributed by atoms with E-state index in [1.165, 1.54) is 0 Å². The highest BCUT2D eigenvalue weighted by Crippen LogP contribution is 2.03. The van der Waals surface area contributed by atoms with Crippen LogP contribution in [0.15, 0.2) is 5.16 Å². The third kappa shape index (κ3) is 5.34. The molecule has 0 aromatic heterocycles. The van der Waals surface area contributed by atoms with Crippen LogP contribution < -0.4 is 0 Å². The number of oxime groups is 1. The first-order valence-electron chi connectivity index (χ1n) is 3.34. The molecule has 0 aliphatic carbocycles. The molecule has 0 unspecified atom stereocenters. The fourth-order valence-electron chi connectivity index (χ4n) is 0.548. The molecule has 0 bridgehead atoms. The molecule has 0 spiro atoms. The van der Waals surface area contributed by atoms with Crippen LogP contribution in [-0.2, 0) is 0 Å². The highest BCUT2D eigenvalue weighted by Gasteiger charge is 1.95. The fraction of sp³-hybridized carbons (Fsp3) is 0.857. The van der Waals surface area contributed by atoms with E-state index in [0.717, 1.165) is 18.6 Å². The van der Waals surface area contributed by atoms with Gasteiger partial charge in [-0.15, -0.1) is 0 Å². The van der Waals surface area contributed by atoms with Gasteiger partial charge in [0.1, 0.15) is 0 Å². The summed E-state index contributed by atoms with van der Waals surface area (Å²) in [6.07, 6.45) is 2.02. The van der Waals surface area contributed by atoms with Crippen LogP contribution in [0.1, 0.15) is 33.6 Å². The van der Waals surface area contributed by atoms with E-state index in [1.54, 1.807) is 0 Å². The lowest BCUT2D eigenvalue weighted by Gasteiger charge is -2.00. The quantitative estimate of drug-likeness (QED) is 0.354. The van der Waals surface area contributed by atoms with Gasteiger partial charge in [0.05, 0.1) is 5.71 Å². The summed E-state index contributed by atoms with van der Waals surface area (Å²) in [5.41, 5.74) is 0.823. The molecule has 0 amide bonds. The first-order valence-corrected chi connectivity index (χ1v) is 3.34. The van der Waals surface area contributed by atoms with Gasteiger partial charge in [0.25, 0.3) is 0 Å². The predicted octanol–water partition coefficient (Wildman–Crippen LogP) is 2.27. The van der Waals surface area contributed by atoms with Gasteiger partial charge in [-0.05, 0) is 25.7 Å². The number of hydrogen-bond donors (Lipinski definition) is 1. The lowest BCUT2D eigenvalue weighted by atomic mass is 10.1. The van der Waals surface area contributed by atoms with Crippen LogP contribution in [0.2, 0.25) is 0 Å². The van der Waals surface area contributed by atoms with Crippen molar-refractivity contribution in [1.29, 1.82) is 0 Å². The van der Waals surface area contributed by atoms with Crippen molar-refractivity contribution in [2.45, 2.75) is 33.6 Å². The van der Waals surface area contributed by atoms with Crippen LogP contribution >= 0.6 is 0 Å². The summed E-state index contributed by atoms with van der Waals surface area (Å²) in [7, 11) is 0. The molecule has 0 radical (unpaired) electrons. The smallest absolute Gasteiger partial charge is 0.0540 e. The zero-order valence-corrected chi connectivity index (χ0v) is 6.39. The van der Waals surface area contributed by atoms with Gasteiger partial charge in [-0.2, -0.15) is 0 Å². The number of nitrogens with zero attached hydrogens (tertiary/aromatic N) is 1. The third-order valence-corrected chi connectivity index (χ3v) is 1.25. The summed E-state index contributed by atoms with van der Waals surface area (Å²) in [4.78, 5) is 0. The number of hydrogen-bond acceptors (Lipinski definition) is 2. The van der Waals surface area contributed by atoms with Gasteiger partial charge in [-0.25, -0.2) is 0 Å². The zero-order chi connectivity index (χ0) is 7.28. The van der Waals surface area contributed by atoms with Gasteiger partial charge in [0, 0.05) is 0 Å². The van der Waals surface area contributed by atoms with Gasteiger partial charge in [-0.3, -0.25) is 0 Å². The van der Waals surface area contributed by atoms with Gasteiger partial charge < -0.3 is 5.21 Å². The fourth-order valence-corrected chi connectivity index (χ4v) is 0.548. The molecule has 0 rings (SSSR count). The SMILES string of the molecule is CC(CCC(C)C)=NO. The van der Waals surface area contributed by atoms with Crippen molar-refractivity contribution in [2.24, 2.45) is 11.1 Å².